The van der Waals surface area contributed by atoms with Gasteiger partial charge >= 0.3 is 24.7 Å². The number of hydrogen-bond acceptors (Lipinski definition) is 2. The quantitative estimate of drug-likeness (QED) is 0.547. The van der Waals surface area contributed by atoms with Gasteiger partial charge in [0.2, 0.25) is 0 Å². The van der Waals surface area contributed by atoms with Gasteiger partial charge in [0.15, 0.2) is 6.29 Å². The topological polar surface area (TPSA) is 18.5 Å². The van der Waals surface area contributed by atoms with Gasteiger partial charge in [-0.25, -0.2) is 0 Å². The predicted molar refractivity (Wildman–Crippen MR) is 43.4 cm³/mol. The molecule has 14 heteroatoms. The van der Waals surface area contributed by atoms with Crippen LogP contribution in [-0.4, -0.2) is 43.2 Å². The van der Waals surface area contributed by atoms with E-state index in [1.54, 1.807) is 0 Å². The van der Waals surface area contributed by atoms with Gasteiger partial charge in [0.25, 0.3) is 12.2 Å². The normalized spacial score (nSPS) is 15.3. The van der Waals surface area contributed by atoms with Crippen molar-refractivity contribution >= 4 is 0 Å². The number of rotatable bonds is 4. The molecule has 0 rings (SSSR count). The fourth-order valence-corrected chi connectivity index (χ4v) is 1.10. The van der Waals surface area contributed by atoms with E-state index < -0.39 is 43.2 Å². The van der Waals surface area contributed by atoms with Crippen molar-refractivity contribution in [3.05, 3.63) is 0 Å². The Morgan fingerprint density at radius 2 is 0.682 bits per heavy atom. The zero-order chi connectivity index (χ0) is 18.1. The summed E-state index contributed by atoms with van der Waals surface area (Å²) in [6.45, 7) is 0.0367. The van der Waals surface area contributed by atoms with E-state index in [2.05, 4.69) is 9.47 Å². The second kappa shape index (κ2) is 6.29. The highest BCUT2D eigenvalue weighted by molar-refractivity contribution is 4.79. The van der Waals surface area contributed by atoms with Gasteiger partial charge < -0.3 is 9.47 Å². The summed E-state index contributed by atoms with van der Waals surface area (Å²) < 4.78 is 151. The fourth-order valence-electron chi connectivity index (χ4n) is 1.10. The Morgan fingerprint density at radius 3 is 0.818 bits per heavy atom. The molecule has 0 aliphatic heterocycles. The molecule has 0 atom stereocenters. The predicted octanol–water partition coefficient (Wildman–Crippen LogP) is 4.35. The van der Waals surface area contributed by atoms with Crippen molar-refractivity contribution in [2.75, 3.05) is 0 Å². The molecule has 0 fully saturated rings. The van der Waals surface area contributed by atoms with Gasteiger partial charge in [-0.2, -0.15) is 52.7 Å². The average Bonchev–Trinajstić information content (AvgIpc) is 2.15. The highest BCUT2D eigenvalue weighted by Gasteiger charge is 2.61. The standard InChI is InChI=1S/C8H6F12O2/c1-2(21-3(5(9,10)11)6(12,13)14)22-4(7(15,16)17)8(18,19)20/h2-4H,1H3. The second-order valence-corrected chi connectivity index (χ2v) is 3.77. The Kier molecular flexibility index (Phi) is 6.03. The highest BCUT2D eigenvalue weighted by atomic mass is 19.4. The number of hydrogen-bond donors (Lipinski definition) is 0. The lowest BCUT2D eigenvalue weighted by atomic mass is 10.3. The first kappa shape index (κ1) is 21.1. The molecule has 0 aliphatic rings. The van der Waals surface area contributed by atoms with Gasteiger partial charge in [0.1, 0.15) is 0 Å². The van der Waals surface area contributed by atoms with Crippen LogP contribution in [0.3, 0.4) is 0 Å². The number of ether oxygens (including phenoxy) is 2. The Bertz CT molecular complexity index is 288. The molecule has 0 unspecified atom stereocenters. The van der Waals surface area contributed by atoms with E-state index in [1.807, 2.05) is 0 Å². The average molecular weight is 362 g/mol. The van der Waals surface area contributed by atoms with Gasteiger partial charge in [0.05, 0.1) is 0 Å². The molecule has 0 amide bonds. The third-order valence-electron chi connectivity index (χ3n) is 1.84. The minimum absolute atomic E-state index is 0.0367. The zero-order valence-corrected chi connectivity index (χ0v) is 10.1. The lowest BCUT2D eigenvalue weighted by molar-refractivity contribution is -0.387. The molecule has 134 valence electrons. The van der Waals surface area contributed by atoms with E-state index in [4.69, 9.17) is 0 Å². The Balaban J connectivity index is 5.15. The van der Waals surface area contributed by atoms with Crippen molar-refractivity contribution in [3.8, 4) is 0 Å². The fraction of sp³-hybridized carbons (Fsp3) is 1.00. The van der Waals surface area contributed by atoms with Crippen LogP contribution in [0.2, 0.25) is 0 Å². The third-order valence-corrected chi connectivity index (χ3v) is 1.84. The Labute approximate surface area is 114 Å². The smallest absolute Gasteiger partial charge is 0.331 e. The first-order valence-corrected chi connectivity index (χ1v) is 4.94. The summed E-state index contributed by atoms with van der Waals surface area (Å²) in [5.74, 6) is 0. The molecule has 22 heavy (non-hydrogen) atoms. The minimum atomic E-state index is -6.11. The molecule has 0 spiro atoms. The van der Waals surface area contributed by atoms with Crippen LogP contribution < -0.4 is 0 Å². The van der Waals surface area contributed by atoms with Crippen LogP contribution in [0, 0.1) is 0 Å². The van der Waals surface area contributed by atoms with Crippen LogP contribution in [-0.2, 0) is 9.47 Å². The molecule has 0 radical (unpaired) electrons. The van der Waals surface area contributed by atoms with Crippen molar-refractivity contribution in [2.24, 2.45) is 0 Å². The summed E-state index contributed by atoms with van der Waals surface area (Å²) in [6.07, 6.45) is -36.7. The Hall–Kier alpha value is -0.920. The zero-order valence-electron chi connectivity index (χ0n) is 10.1. The summed E-state index contributed by atoms with van der Waals surface area (Å²) in [5, 5.41) is 0. The van der Waals surface area contributed by atoms with Crippen molar-refractivity contribution in [1.82, 2.24) is 0 Å². The number of alkyl halides is 12. The number of halogens is 12. The molecule has 0 bridgehead atoms. The van der Waals surface area contributed by atoms with Gasteiger partial charge in [-0.15, -0.1) is 0 Å². The van der Waals surface area contributed by atoms with E-state index in [9.17, 15) is 52.7 Å². The molecule has 0 aliphatic carbocycles. The molecule has 0 N–H and O–H groups in total. The van der Waals surface area contributed by atoms with Crippen molar-refractivity contribution < 1.29 is 62.2 Å². The first-order valence-electron chi connectivity index (χ1n) is 4.94. The Morgan fingerprint density at radius 1 is 0.500 bits per heavy atom. The van der Waals surface area contributed by atoms with Crippen LogP contribution in [0.4, 0.5) is 52.7 Å². The van der Waals surface area contributed by atoms with E-state index in [1.165, 1.54) is 0 Å². The maximum absolute atomic E-state index is 12.0. The van der Waals surface area contributed by atoms with E-state index in [0.717, 1.165) is 0 Å². The first-order chi connectivity index (χ1) is 9.37. The highest BCUT2D eigenvalue weighted by Crippen LogP contribution is 2.39. The molecule has 0 heterocycles. The van der Waals surface area contributed by atoms with Gasteiger partial charge in [-0.05, 0) is 6.92 Å². The largest absolute Gasteiger partial charge is 0.423 e. The maximum atomic E-state index is 12.0. The molecule has 0 saturated carbocycles. The lowest BCUT2D eigenvalue weighted by Crippen LogP contribution is -2.50. The summed E-state index contributed by atoms with van der Waals surface area (Å²) in [7, 11) is 0. The van der Waals surface area contributed by atoms with Crippen molar-refractivity contribution in [3.63, 3.8) is 0 Å². The third kappa shape index (κ3) is 6.46. The van der Waals surface area contributed by atoms with Crippen LogP contribution >= 0.6 is 0 Å². The summed E-state index contributed by atoms with van der Waals surface area (Å²) in [4.78, 5) is 0. The summed E-state index contributed by atoms with van der Waals surface area (Å²) in [5.41, 5.74) is 0. The van der Waals surface area contributed by atoms with Gasteiger partial charge in [0, 0.05) is 0 Å². The molecular weight excluding hydrogens is 356 g/mol. The van der Waals surface area contributed by atoms with Crippen LogP contribution in [0.5, 0.6) is 0 Å². The van der Waals surface area contributed by atoms with Gasteiger partial charge in [-0.3, -0.25) is 0 Å². The molecule has 0 aromatic carbocycles. The SMILES string of the molecule is CC(OC(C(F)(F)F)C(F)(F)F)OC(C(F)(F)F)C(F)(F)F. The summed E-state index contributed by atoms with van der Waals surface area (Å²) in [6, 6.07) is 0. The minimum Gasteiger partial charge on any atom is -0.331 e. The molecular formula is C8H6F12O2. The van der Waals surface area contributed by atoms with Crippen LogP contribution in [0.25, 0.3) is 0 Å². The van der Waals surface area contributed by atoms with Crippen LogP contribution in [0.1, 0.15) is 6.92 Å². The molecule has 0 aromatic rings. The monoisotopic (exact) mass is 362 g/mol. The van der Waals surface area contributed by atoms with Gasteiger partial charge in [-0.1, -0.05) is 0 Å². The molecule has 0 saturated heterocycles. The van der Waals surface area contributed by atoms with E-state index in [-0.39, 0.29) is 6.92 Å². The molecule has 0 aromatic heterocycles. The summed E-state index contributed by atoms with van der Waals surface area (Å²) >= 11 is 0. The van der Waals surface area contributed by atoms with Crippen molar-refractivity contribution in [2.45, 2.75) is 50.1 Å². The maximum Gasteiger partial charge on any atom is 0.423 e. The van der Waals surface area contributed by atoms with Crippen LogP contribution in [0.15, 0.2) is 0 Å². The lowest BCUT2D eigenvalue weighted by Gasteiger charge is -2.30. The molecule has 2 nitrogen and oxygen atoms in total. The van der Waals surface area contributed by atoms with E-state index in [0.29, 0.717) is 0 Å². The second-order valence-electron chi connectivity index (χ2n) is 3.77. The van der Waals surface area contributed by atoms with Crippen molar-refractivity contribution in [1.29, 1.82) is 0 Å². The van der Waals surface area contributed by atoms with E-state index >= 15 is 0 Å².